The van der Waals surface area contributed by atoms with E-state index in [0.717, 1.165) is 5.69 Å². The number of amides is 2. The molecule has 4 nitrogen and oxygen atoms in total. The predicted molar refractivity (Wildman–Crippen MR) is 69.7 cm³/mol. The van der Waals surface area contributed by atoms with Gasteiger partial charge in [0, 0.05) is 31.9 Å². The fourth-order valence-corrected chi connectivity index (χ4v) is 2.09. The number of hydrogen-bond acceptors (Lipinski definition) is 2. The van der Waals surface area contributed by atoms with Crippen LogP contribution in [0.1, 0.15) is 0 Å². The number of alkyl halides is 3. The molecule has 0 atom stereocenters. The van der Waals surface area contributed by atoms with Crippen LogP contribution in [0.3, 0.4) is 0 Å². The molecule has 0 bridgehead atoms. The summed E-state index contributed by atoms with van der Waals surface area (Å²) in [5, 5.41) is 1.89. The number of anilines is 1. The third-order valence-electron chi connectivity index (χ3n) is 3.13. The SMILES string of the molecule is O=C(NCC(F)(F)F)N1CCN(c2ccccc2)CC1. The Hall–Kier alpha value is -1.92. The number of halogens is 3. The molecule has 0 spiro atoms. The van der Waals surface area contributed by atoms with Gasteiger partial charge in [-0.05, 0) is 12.1 Å². The molecule has 0 unspecified atom stereocenters. The smallest absolute Gasteiger partial charge is 0.368 e. The molecule has 1 aromatic carbocycles. The number of carbonyl (C=O) groups excluding carboxylic acids is 1. The quantitative estimate of drug-likeness (QED) is 0.904. The minimum Gasteiger partial charge on any atom is -0.368 e. The second-order valence-electron chi connectivity index (χ2n) is 4.58. The molecule has 2 amide bonds. The van der Waals surface area contributed by atoms with Crippen LogP contribution in [0.4, 0.5) is 23.7 Å². The first-order valence-corrected chi connectivity index (χ1v) is 6.35. The highest BCUT2D eigenvalue weighted by molar-refractivity contribution is 5.74. The van der Waals surface area contributed by atoms with Gasteiger partial charge in [0.1, 0.15) is 6.54 Å². The van der Waals surface area contributed by atoms with Crippen molar-refractivity contribution in [2.24, 2.45) is 0 Å². The van der Waals surface area contributed by atoms with Gasteiger partial charge in [-0.2, -0.15) is 13.2 Å². The Morgan fingerprint density at radius 2 is 1.70 bits per heavy atom. The van der Waals surface area contributed by atoms with Crippen LogP contribution in [-0.2, 0) is 0 Å². The van der Waals surface area contributed by atoms with Crippen LogP contribution < -0.4 is 10.2 Å². The summed E-state index contributed by atoms with van der Waals surface area (Å²) >= 11 is 0. The predicted octanol–water partition coefficient (Wildman–Crippen LogP) is 2.08. The summed E-state index contributed by atoms with van der Waals surface area (Å²) < 4.78 is 36.1. The van der Waals surface area contributed by atoms with E-state index in [0.29, 0.717) is 26.2 Å². The summed E-state index contributed by atoms with van der Waals surface area (Å²) in [6.45, 7) is 0.773. The van der Waals surface area contributed by atoms with Gasteiger partial charge in [-0.3, -0.25) is 0 Å². The Morgan fingerprint density at radius 3 is 2.25 bits per heavy atom. The molecule has 0 aliphatic carbocycles. The van der Waals surface area contributed by atoms with E-state index < -0.39 is 18.8 Å². The van der Waals surface area contributed by atoms with Gasteiger partial charge in [0.15, 0.2) is 0 Å². The number of hydrogen-bond donors (Lipinski definition) is 1. The maximum atomic E-state index is 12.0. The lowest BCUT2D eigenvalue weighted by molar-refractivity contribution is -0.123. The molecule has 1 heterocycles. The van der Waals surface area contributed by atoms with Crippen LogP contribution in [0.5, 0.6) is 0 Å². The van der Waals surface area contributed by atoms with E-state index in [1.807, 2.05) is 35.6 Å². The third kappa shape index (κ3) is 4.04. The van der Waals surface area contributed by atoms with Crippen molar-refractivity contribution in [1.82, 2.24) is 10.2 Å². The van der Waals surface area contributed by atoms with Crippen molar-refractivity contribution in [3.63, 3.8) is 0 Å². The summed E-state index contributed by atoms with van der Waals surface area (Å²) in [5.41, 5.74) is 1.06. The Balaban J connectivity index is 1.81. The van der Waals surface area contributed by atoms with Gasteiger partial charge in [-0.25, -0.2) is 4.79 Å². The van der Waals surface area contributed by atoms with Crippen molar-refractivity contribution in [3.8, 4) is 0 Å². The van der Waals surface area contributed by atoms with Crippen LogP contribution in [-0.4, -0.2) is 49.8 Å². The van der Waals surface area contributed by atoms with E-state index in [1.165, 1.54) is 4.90 Å². The Labute approximate surface area is 115 Å². The fraction of sp³-hybridized carbons (Fsp3) is 0.462. The second-order valence-corrected chi connectivity index (χ2v) is 4.58. The zero-order chi connectivity index (χ0) is 14.6. The molecule has 1 fully saturated rings. The zero-order valence-electron chi connectivity index (χ0n) is 10.9. The maximum absolute atomic E-state index is 12.0. The van der Waals surface area contributed by atoms with Gasteiger partial charge in [0.25, 0.3) is 0 Å². The topological polar surface area (TPSA) is 35.6 Å². The lowest BCUT2D eigenvalue weighted by atomic mass is 10.2. The zero-order valence-corrected chi connectivity index (χ0v) is 10.9. The summed E-state index contributed by atoms with van der Waals surface area (Å²) in [5.74, 6) is 0. The number of para-hydroxylation sites is 1. The van der Waals surface area contributed by atoms with Crippen molar-refractivity contribution in [2.45, 2.75) is 6.18 Å². The molecule has 7 heteroatoms. The van der Waals surface area contributed by atoms with E-state index >= 15 is 0 Å². The number of nitrogens with one attached hydrogen (secondary N) is 1. The number of piperazine rings is 1. The summed E-state index contributed by atoms with van der Waals surface area (Å²) in [4.78, 5) is 15.1. The average molecular weight is 287 g/mol. The maximum Gasteiger partial charge on any atom is 0.405 e. The van der Waals surface area contributed by atoms with Crippen molar-refractivity contribution in [1.29, 1.82) is 0 Å². The summed E-state index contributed by atoms with van der Waals surface area (Å²) in [6.07, 6.45) is -4.37. The first kappa shape index (κ1) is 14.5. The number of rotatable bonds is 2. The molecule has 1 N–H and O–H groups in total. The van der Waals surface area contributed by atoms with Crippen molar-refractivity contribution < 1.29 is 18.0 Å². The van der Waals surface area contributed by atoms with Gasteiger partial charge >= 0.3 is 12.2 Å². The van der Waals surface area contributed by atoms with E-state index in [4.69, 9.17) is 0 Å². The number of urea groups is 1. The molecular formula is C13H16F3N3O. The van der Waals surface area contributed by atoms with Gasteiger partial charge in [-0.15, -0.1) is 0 Å². The normalized spacial score (nSPS) is 16.1. The molecular weight excluding hydrogens is 271 g/mol. The molecule has 1 aliphatic heterocycles. The summed E-state index contributed by atoms with van der Waals surface area (Å²) in [6, 6.07) is 9.06. The highest BCUT2D eigenvalue weighted by Crippen LogP contribution is 2.16. The highest BCUT2D eigenvalue weighted by atomic mass is 19.4. The lowest BCUT2D eigenvalue weighted by Gasteiger charge is -2.36. The van der Waals surface area contributed by atoms with Crippen molar-refractivity contribution in [2.75, 3.05) is 37.6 Å². The molecule has 1 aromatic rings. The number of carbonyl (C=O) groups is 1. The first-order valence-electron chi connectivity index (χ1n) is 6.35. The standard InChI is InChI=1S/C13H16F3N3O/c14-13(15,16)10-17-12(20)19-8-6-18(7-9-19)11-4-2-1-3-5-11/h1-5H,6-10H2,(H,17,20). The van der Waals surface area contributed by atoms with Gasteiger partial charge in [0.05, 0.1) is 0 Å². The highest BCUT2D eigenvalue weighted by Gasteiger charge is 2.29. The first-order chi connectivity index (χ1) is 9.46. The van der Waals surface area contributed by atoms with Crippen LogP contribution >= 0.6 is 0 Å². The van der Waals surface area contributed by atoms with Gasteiger partial charge < -0.3 is 15.1 Å². The lowest BCUT2D eigenvalue weighted by Crippen LogP contribution is -2.53. The van der Waals surface area contributed by atoms with Crippen LogP contribution in [0.2, 0.25) is 0 Å². The number of nitrogens with zero attached hydrogens (tertiary/aromatic N) is 2. The minimum absolute atomic E-state index is 0.415. The Kier molecular flexibility index (Phi) is 4.36. The monoisotopic (exact) mass is 287 g/mol. The number of benzene rings is 1. The van der Waals surface area contributed by atoms with Gasteiger partial charge in [-0.1, -0.05) is 18.2 Å². The van der Waals surface area contributed by atoms with Crippen LogP contribution in [0.15, 0.2) is 30.3 Å². The molecule has 1 saturated heterocycles. The Morgan fingerprint density at radius 1 is 1.10 bits per heavy atom. The largest absolute Gasteiger partial charge is 0.405 e. The molecule has 20 heavy (non-hydrogen) atoms. The summed E-state index contributed by atoms with van der Waals surface area (Å²) in [7, 11) is 0. The fourth-order valence-electron chi connectivity index (χ4n) is 2.09. The molecule has 110 valence electrons. The van der Waals surface area contributed by atoms with Crippen LogP contribution in [0, 0.1) is 0 Å². The van der Waals surface area contributed by atoms with Crippen molar-refractivity contribution in [3.05, 3.63) is 30.3 Å². The van der Waals surface area contributed by atoms with E-state index in [-0.39, 0.29) is 0 Å². The van der Waals surface area contributed by atoms with E-state index in [9.17, 15) is 18.0 Å². The molecule has 0 aromatic heterocycles. The van der Waals surface area contributed by atoms with Gasteiger partial charge in [0.2, 0.25) is 0 Å². The van der Waals surface area contributed by atoms with Crippen molar-refractivity contribution >= 4 is 11.7 Å². The molecule has 2 rings (SSSR count). The van der Waals surface area contributed by atoms with Crippen LogP contribution in [0.25, 0.3) is 0 Å². The second kappa shape index (κ2) is 6.02. The van der Waals surface area contributed by atoms with E-state index in [2.05, 4.69) is 4.90 Å². The minimum atomic E-state index is -4.37. The average Bonchev–Trinajstić information content (AvgIpc) is 2.45. The van der Waals surface area contributed by atoms with E-state index in [1.54, 1.807) is 0 Å². The molecule has 0 saturated carbocycles. The Bertz CT molecular complexity index is 442. The third-order valence-corrected chi connectivity index (χ3v) is 3.13. The molecule has 0 radical (unpaired) electrons. The molecule has 1 aliphatic rings.